The average molecular weight is 250 g/mol. The standard InChI is InChI=1S/C14H22N2O2/c1-15-6-5-13(9-15)14(17)10-16-7-3-12(4-8-16)11-18-2/h5-6,9,12H,3-4,7-8,10-11H2,1-2H3. The van der Waals surface area contributed by atoms with E-state index in [1.807, 2.05) is 30.1 Å². The molecule has 0 aliphatic carbocycles. The van der Waals surface area contributed by atoms with Gasteiger partial charge in [-0.25, -0.2) is 0 Å². The Labute approximate surface area is 109 Å². The first-order chi connectivity index (χ1) is 8.69. The van der Waals surface area contributed by atoms with Crippen molar-refractivity contribution in [2.45, 2.75) is 12.8 Å². The number of hydrogen-bond acceptors (Lipinski definition) is 3. The number of ketones is 1. The van der Waals surface area contributed by atoms with Crippen molar-refractivity contribution >= 4 is 5.78 Å². The van der Waals surface area contributed by atoms with Crippen molar-refractivity contribution in [1.29, 1.82) is 0 Å². The van der Waals surface area contributed by atoms with Crippen LogP contribution < -0.4 is 0 Å². The van der Waals surface area contributed by atoms with Crippen molar-refractivity contribution in [2.24, 2.45) is 13.0 Å². The molecule has 2 rings (SSSR count). The summed E-state index contributed by atoms with van der Waals surface area (Å²) in [6.07, 6.45) is 6.07. The van der Waals surface area contributed by atoms with E-state index in [1.165, 1.54) is 0 Å². The Balaban J connectivity index is 1.79. The van der Waals surface area contributed by atoms with Gasteiger partial charge in [0.05, 0.1) is 6.54 Å². The second-order valence-corrected chi connectivity index (χ2v) is 5.16. The first-order valence-corrected chi connectivity index (χ1v) is 6.55. The van der Waals surface area contributed by atoms with E-state index < -0.39 is 0 Å². The van der Waals surface area contributed by atoms with Gasteiger partial charge < -0.3 is 9.30 Å². The molecular formula is C14H22N2O2. The van der Waals surface area contributed by atoms with Crippen molar-refractivity contribution in [3.8, 4) is 0 Å². The topological polar surface area (TPSA) is 34.5 Å². The second kappa shape index (κ2) is 6.16. The maximum absolute atomic E-state index is 12.1. The number of piperidine rings is 1. The van der Waals surface area contributed by atoms with Gasteiger partial charge in [-0.3, -0.25) is 9.69 Å². The smallest absolute Gasteiger partial charge is 0.178 e. The molecule has 0 radical (unpaired) electrons. The molecule has 18 heavy (non-hydrogen) atoms. The van der Waals surface area contributed by atoms with Crippen molar-refractivity contribution in [2.75, 3.05) is 33.4 Å². The van der Waals surface area contributed by atoms with Crippen LogP contribution in [0.3, 0.4) is 0 Å². The molecule has 0 bridgehead atoms. The summed E-state index contributed by atoms with van der Waals surface area (Å²) in [5.41, 5.74) is 0.816. The van der Waals surface area contributed by atoms with E-state index in [-0.39, 0.29) is 5.78 Å². The molecule has 2 heterocycles. The molecule has 0 aromatic carbocycles. The van der Waals surface area contributed by atoms with Crippen LogP contribution in [-0.4, -0.2) is 48.6 Å². The maximum atomic E-state index is 12.1. The predicted molar refractivity (Wildman–Crippen MR) is 70.8 cm³/mol. The lowest BCUT2D eigenvalue weighted by atomic mass is 9.97. The van der Waals surface area contributed by atoms with Gasteiger partial charge >= 0.3 is 0 Å². The third-order valence-electron chi connectivity index (χ3n) is 3.63. The quantitative estimate of drug-likeness (QED) is 0.744. The second-order valence-electron chi connectivity index (χ2n) is 5.16. The summed E-state index contributed by atoms with van der Waals surface area (Å²) in [6.45, 7) is 3.41. The Kier molecular flexibility index (Phi) is 4.55. The molecular weight excluding hydrogens is 228 g/mol. The first kappa shape index (κ1) is 13.3. The summed E-state index contributed by atoms with van der Waals surface area (Å²) in [5, 5.41) is 0. The Bertz CT molecular complexity index is 392. The maximum Gasteiger partial charge on any atom is 0.178 e. The first-order valence-electron chi connectivity index (χ1n) is 6.55. The third-order valence-corrected chi connectivity index (χ3v) is 3.63. The fraction of sp³-hybridized carbons (Fsp3) is 0.643. The highest BCUT2D eigenvalue weighted by Crippen LogP contribution is 2.17. The molecule has 1 saturated heterocycles. The minimum Gasteiger partial charge on any atom is -0.384 e. The van der Waals surface area contributed by atoms with Crippen molar-refractivity contribution < 1.29 is 9.53 Å². The average Bonchev–Trinajstić information content (AvgIpc) is 2.79. The molecule has 0 amide bonds. The number of ether oxygens (including phenoxy) is 1. The van der Waals surface area contributed by atoms with E-state index in [9.17, 15) is 4.79 Å². The minimum absolute atomic E-state index is 0.223. The predicted octanol–water partition coefficient (Wildman–Crippen LogP) is 1.57. The lowest BCUT2D eigenvalue weighted by molar-refractivity contribution is 0.0810. The van der Waals surface area contributed by atoms with Crippen LogP contribution in [0.15, 0.2) is 18.5 Å². The number of likely N-dealkylation sites (tertiary alicyclic amines) is 1. The van der Waals surface area contributed by atoms with E-state index in [1.54, 1.807) is 7.11 Å². The van der Waals surface area contributed by atoms with Gasteiger partial charge in [0.15, 0.2) is 5.78 Å². The van der Waals surface area contributed by atoms with Crippen LogP contribution in [0, 0.1) is 5.92 Å². The van der Waals surface area contributed by atoms with Gasteiger partial charge in [-0.15, -0.1) is 0 Å². The molecule has 0 N–H and O–H groups in total. The van der Waals surface area contributed by atoms with E-state index in [4.69, 9.17) is 4.74 Å². The van der Waals surface area contributed by atoms with Gasteiger partial charge in [-0.05, 0) is 37.9 Å². The van der Waals surface area contributed by atoms with Crippen molar-refractivity contribution in [1.82, 2.24) is 9.47 Å². The minimum atomic E-state index is 0.223. The molecule has 0 atom stereocenters. The number of aromatic nitrogens is 1. The van der Waals surface area contributed by atoms with Crippen LogP contribution in [-0.2, 0) is 11.8 Å². The van der Waals surface area contributed by atoms with Crippen LogP contribution >= 0.6 is 0 Å². The number of nitrogens with zero attached hydrogens (tertiary/aromatic N) is 2. The largest absolute Gasteiger partial charge is 0.384 e. The van der Waals surface area contributed by atoms with E-state index in [0.29, 0.717) is 12.5 Å². The number of Topliss-reactive ketones (excluding diaryl/α,β-unsaturated/α-hetero) is 1. The molecule has 4 heteroatoms. The molecule has 100 valence electrons. The SMILES string of the molecule is COCC1CCN(CC(=O)c2ccn(C)c2)CC1. The summed E-state index contributed by atoms with van der Waals surface area (Å²) >= 11 is 0. The molecule has 1 aliphatic heterocycles. The highest BCUT2D eigenvalue weighted by atomic mass is 16.5. The summed E-state index contributed by atoms with van der Waals surface area (Å²) in [7, 11) is 3.69. The third kappa shape index (κ3) is 3.43. The molecule has 0 spiro atoms. The van der Waals surface area contributed by atoms with Crippen LogP contribution in [0.1, 0.15) is 23.2 Å². The molecule has 4 nitrogen and oxygen atoms in total. The van der Waals surface area contributed by atoms with Crippen molar-refractivity contribution in [3.63, 3.8) is 0 Å². The van der Waals surface area contributed by atoms with Gasteiger partial charge in [-0.2, -0.15) is 0 Å². The lowest BCUT2D eigenvalue weighted by Gasteiger charge is -2.30. The van der Waals surface area contributed by atoms with E-state index in [0.717, 1.165) is 38.1 Å². The number of aryl methyl sites for hydroxylation is 1. The zero-order chi connectivity index (χ0) is 13.0. The molecule has 1 aromatic rings. The van der Waals surface area contributed by atoms with Crippen LogP contribution in [0.4, 0.5) is 0 Å². The van der Waals surface area contributed by atoms with Crippen LogP contribution in [0.2, 0.25) is 0 Å². The summed E-state index contributed by atoms with van der Waals surface area (Å²) in [5.74, 6) is 0.888. The molecule has 1 aliphatic rings. The normalized spacial score (nSPS) is 18.1. The fourth-order valence-electron chi connectivity index (χ4n) is 2.51. The zero-order valence-corrected chi connectivity index (χ0v) is 11.3. The highest BCUT2D eigenvalue weighted by molar-refractivity contribution is 5.97. The van der Waals surface area contributed by atoms with Crippen LogP contribution in [0.25, 0.3) is 0 Å². The Morgan fingerprint density at radius 2 is 2.17 bits per heavy atom. The lowest BCUT2D eigenvalue weighted by Crippen LogP contribution is -2.38. The monoisotopic (exact) mass is 250 g/mol. The molecule has 1 fully saturated rings. The van der Waals surface area contributed by atoms with E-state index >= 15 is 0 Å². The highest BCUT2D eigenvalue weighted by Gasteiger charge is 2.21. The van der Waals surface area contributed by atoms with Crippen LogP contribution in [0.5, 0.6) is 0 Å². The van der Waals surface area contributed by atoms with Gasteiger partial charge in [-0.1, -0.05) is 0 Å². The number of hydrogen-bond donors (Lipinski definition) is 0. The molecule has 0 unspecified atom stereocenters. The number of rotatable bonds is 5. The van der Waals surface area contributed by atoms with Gasteiger partial charge in [0.25, 0.3) is 0 Å². The molecule has 1 aromatic heterocycles. The number of methoxy groups -OCH3 is 1. The Morgan fingerprint density at radius 1 is 1.44 bits per heavy atom. The summed E-state index contributed by atoms with van der Waals surface area (Å²) in [6, 6.07) is 1.89. The molecule has 0 saturated carbocycles. The number of carbonyl (C=O) groups excluding carboxylic acids is 1. The number of carbonyl (C=O) groups is 1. The Hall–Kier alpha value is -1.13. The van der Waals surface area contributed by atoms with Crippen molar-refractivity contribution in [3.05, 3.63) is 24.0 Å². The summed E-state index contributed by atoms with van der Waals surface area (Å²) < 4.78 is 7.10. The van der Waals surface area contributed by atoms with Gasteiger partial charge in [0, 0.05) is 38.7 Å². The van der Waals surface area contributed by atoms with Gasteiger partial charge in [0.2, 0.25) is 0 Å². The summed E-state index contributed by atoms with van der Waals surface area (Å²) in [4.78, 5) is 14.3. The van der Waals surface area contributed by atoms with Gasteiger partial charge in [0.1, 0.15) is 0 Å². The zero-order valence-electron chi connectivity index (χ0n) is 11.3. The van der Waals surface area contributed by atoms with E-state index in [2.05, 4.69) is 4.90 Å². The fourth-order valence-corrected chi connectivity index (χ4v) is 2.51. The Morgan fingerprint density at radius 3 is 2.72 bits per heavy atom.